The van der Waals surface area contributed by atoms with Crippen LogP contribution in [-0.2, 0) is 21.8 Å². The van der Waals surface area contributed by atoms with Crippen LogP contribution >= 0.6 is 0 Å². The van der Waals surface area contributed by atoms with Crippen molar-refractivity contribution in [1.29, 1.82) is 0 Å². The molecule has 0 bridgehead atoms. The van der Waals surface area contributed by atoms with Gasteiger partial charge in [-0.3, -0.25) is 14.4 Å². The van der Waals surface area contributed by atoms with E-state index < -0.39 is 27.7 Å². The van der Waals surface area contributed by atoms with Gasteiger partial charge in [0.2, 0.25) is 10.0 Å². The molecule has 0 radical (unpaired) electrons. The van der Waals surface area contributed by atoms with Gasteiger partial charge >= 0.3 is 0 Å². The molecule has 2 N–H and O–H groups in total. The molecule has 0 saturated carbocycles. The summed E-state index contributed by atoms with van der Waals surface area (Å²) in [5.74, 6) is -1.43. The van der Waals surface area contributed by atoms with Crippen LogP contribution in [0.4, 0.5) is 10.2 Å². The molecule has 50 heavy (non-hydrogen) atoms. The molecule has 0 unspecified atom stereocenters. The maximum absolute atomic E-state index is 14.4. The Bertz CT molecular complexity index is 1770. The number of aryl methyl sites for hydroxylation is 1. The zero-order valence-electron chi connectivity index (χ0n) is 29.1. The van der Waals surface area contributed by atoms with Crippen molar-refractivity contribution in [2.75, 3.05) is 44.2 Å². The van der Waals surface area contributed by atoms with E-state index >= 15 is 0 Å². The lowest BCUT2D eigenvalue weighted by Crippen LogP contribution is -2.62. The normalized spacial score (nSPS) is 22.6. The first-order valence-electron chi connectivity index (χ1n) is 17.0. The van der Waals surface area contributed by atoms with Crippen LogP contribution in [0.1, 0.15) is 63.7 Å². The predicted octanol–water partition coefficient (Wildman–Crippen LogP) is 2.54. The molecule has 2 aromatic heterocycles. The number of hydrogen-bond donors (Lipinski definition) is 2. The SMILES string of the molecule is CC(C)N(C(=O)c1cc(F)ccc1Oc1nncnc1N1CC2(CCN(C[C@@]3(O)CC[C@@H](NS(=O)(=O)c4cnn(C)c4)CO3)CC2)C1)C(C)C. The lowest BCUT2D eigenvalue weighted by atomic mass is 9.72. The number of aromatic nitrogens is 5. The Morgan fingerprint density at radius 3 is 2.52 bits per heavy atom. The Hall–Kier alpha value is -3.77. The Labute approximate surface area is 291 Å². The van der Waals surface area contributed by atoms with Crippen LogP contribution in [0.25, 0.3) is 0 Å². The number of ether oxygens (including phenoxy) is 2. The van der Waals surface area contributed by atoms with Crippen LogP contribution in [0.3, 0.4) is 0 Å². The molecule has 3 aliphatic rings. The van der Waals surface area contributed by atoms with Crippen LogP contribution in [0, 0.1) is 11.2 Å². The first-order chi connectivity index (χ1) is 23.7. The van der Waals surface area contributed by atoms with E-state index in [0.717, 1.165) is 39.0 Å². The Kier molecular flexibility index (Phi) is 10.2. The van der Waals surface area contributed by atoms with Crippen LogP contribution < -0.4 is 14.4 Å². The quantitative estimate of drug-likeness (QED) is 0.298. The highest BCUT2D eigenvalue weighted by molar-refractivity contribution is 7.89. The highest BCUT2D eigenvalue weighted by atomic mass is 32.2. The van der Waals surface area contributed by atoms with E-state index in [1.165, 1.54) is 41.6 Å². The average Bonchev–Trinajstić information content (AvgIpc) is 3.50. The number of anilines is 1. The van der Waals surface area contributed by atoms with Crippen LogP contribution in [0.5, 0.6) is 11.6 Å². The van der Waals surface area contributed by atoms with Gasteiger partial charge < -0.3 is 24.4 Å². The number of benzene rings is 1. The number of β-amino-alcohol motifs (C(OH)–C–C–N with tert-alkyl or cyclic N) is 1. The minimum atomic E-state index is -3.73. The molecule has 15 nitrogen and oxygen atoms in total. The number of carbonyl (C=O) groups is 1. The topological polar surface area (TPSA) is 168 Å². The number of hydrogen-bond acceptors (Lipinski definition) is 12. The molecule has 17 heteroatoms. The van der Waals surface area contributed by atoms with E-state index in [2.05, 4.69) is 34.8 Å². The molecule has 6 rings (SSSR count). The molecular formula is C33H46FN9O6S. The van der Waals surface area contributed by atoms with Gasteiger partial charge in [-0.25, -0.2) is 22.5 Å². The average molecular weight is 716 g/mol. The molecule has 1 amide bonds. The van der Waals surface area contributed by atoms with Gasteiger partial charge in [0, 0.05) is 56.3 Å². The van der Waals surface area contributed by atoms with E-state index in [1.54, 1.807) is 11.9 Å². The number of halogens is 1. The molecule has 1 aromatic carbocycles. The standard InChI is InChI=1S/C33H46FN9O6S/c1-22(2)43(23(3)4)31(44)27-14-24(34)6-7-28(27)49-30-29(35-21-36-38-30)42-18-32(19-42)10-12-41(13-11-32)20-33(45)9-8-25(17-48-33)39-50(46,47)26-15-37-40(5)16-26/h6-7,14-16,21-23,25,39,45H,8-13,17-20H2,1-5H3/t25-,33-/m1/s1. The summed E-state index contributed by atoms with van der Waals surface area (Å²) in [7, 11) is -2.08. The van der Waals surface area contributed by atoms with Gasteiger partial charge in [0.05, 0.1) is 24.9 Å². The van der Waals surface area contributed by atoms with Crippen molar-refractivity contribution in [2.45, 2.75) is 82.2 Å². The summed E-state index contributed by atoms with van der Waals surface area (Å²) in [6, 6.07) is 3.21. The number of aliphatic hydroxyl groups is 1. The third-order valence-corrected chi connectivity index (χ3v) is 11.3. The number of nitrogens with one attached hydrogen (secondary N) is 1. The largest absolute Gasteiger partial charge is 0.434 e. The summed E-state index contributed by atoms with van der Waals surface area (Å²) in [6.07, 6.45) is 6.64. The molecule has 1 spiro atoms. The zero-order chi connectivity index (χ0) is 35.8. The molecule has 3 aromatic rings. The van der Waals surface area contributed by atoms with Crippen molar-refractivity contribution in [1.82, 2.24) is 39.5 Å². The summed E-state index contributed by atoms with van der Waals surface area (Å²) in [4.78, 5) is 24.0. The molecule has 272 valence electrons. The van der Waals surface area contributed by atoms with Crippen LogP contribution in [0.15, 0.2) is 41.8 Å². The monoisotopic (exact) mass is 715 g/mol. The zero-order valence-corrected chi connectivity index (χ0v) is 29.9. The third kappa shape index (κ3) is 7.76. The van der Waals surface area contributed by atoms with Crippen molar-refractivity contribution in [3.8, 4) is 11.6 Å². The highest BCUT2D eigenvalue weighted by Crippen LogP contribution is 2.45. The second-order valence-electron chi connectivity index (χ2n) is 14.3. The van der Waals surface area contributed by atoms with E-state index in [-0.39, 0.29) is 52.1 Å². The number of sulfonamides is 1. The molecule has 3 aliphatic heterocycles. The van der Waals surface area contributed by atoms with Gasteiger partial charge in [-0.1, -0.05) is 0 Å². The summed E-state index contributed by atoms with van der Waals surface area (Å²) in [6.45, 7) is 11.0. The minimum absolute atomic E-state index is 0.0520. The van der Waals surface area contributed by atoms with Gasteiger partial charge in [0.15, 0.2) is 11.6 Å². The maximum atomic E-state index is 14.4. The second kappa shape index (κ2) is 14.1. The fourth-order valence-corrected chi connectivity index (χ4v) is 8.46. The third-order valence-electron chi connectivity index (χ3n) is 9.79. The smallest absolute Gasteiger partial charge is 0.282 e. The van der Waals surface area contributed by atoms with Gasteiger partial charge in [-0.15, -0.1) is 10.2 Å². The number of piperidine rings is 1. The molecule has 2 atom stereocenters. The maximum Gasteiger partial charge on any atom is 0.282 e. The van der Waals surface area contributed by atoms with E-state index in [4.69, 9.17) is 9.47 Å². The van der Waals surface area contributed by atoms with Gasteiger partial charge in [0.25, 0.3) is 11.8 Å². The number of amides is 1. The number of rotatable bonds is 11. The fourth-order valence-electron chi connectivity index (χ4n) is 7.23. The fraction of sp³-hybridized carbons (Fsp3) is 0.606. The summed E-state index contributed by atoms with van der Waals surface area (Å²) < 4.78 is 55.8. The Morgan fingerprint density at radius 2 is 1.90 bits per heavy atom. The van der Waals surface area contributed by atoms with Crippen molar-refractivity contribution in [3.05, 3.63) is 48.3 Å². The number of likely N-dealkylation sites (tertiary alicyclic amines) is 1. The first-order valence-corrected chi connectivity index (χ1v) is 18.5. The second-order valence-corrected chi connectivity index (χ2v) is 16.0. The Balaban J connectivity index is 1.03. The van der Waals surface area contributed by atoms with Crippen molar-refractivity contribution in [2.24, 2.45) is 12.5 Å². The minimum Gasteiger partial charge on any atom is -0.434 e. The van der Waals surface area contributed by atoms with Crippen LogP contribution in [-0.4, -0.2) is 117 Å². The van der Waals surface area contributed by atoms with Gasteiger partial charge in [-0.05, 0) is 78.2 Å². The van der Waals surface area contributed by atoms with Crippen molar-refractivity contribution >= 4 is 21.7 Å². The van der Waals surface area contributed by atoms with Crippen molar-refractivity contribution in [3.63, 3.8) is 0 Å². The Morgan fingerprint density at radius 1 is 1.18 bits per heavy atom. The molecule has 3 saturated heterocycles. The molecule has 5 heterocycles. The van der Waals surface area contributed by atoms with Crippen molar-refractivity contribution < 1.29 is 32.2 Å². The van der Waals surface area contributed by atoms with E-state index in [0.29, 0.717) is 25.2 Å². The van der Waals surface area contributed by atoms with Crippen LogP contribution in [0.2, 0.25) is 0 Å². The van der Waals surface area contributed by atoms with Gasteiger partial charge in [-0.2, -0.15) is 5.10 Å². The lowest BCUT2D eigenvalue weighted by molar-refractivity contribution is -0.239. The molecule has 0 aliphatic carbocycles. The predicted molar refractivity (Wildman–Crippen MR) is 181 cm³/mol. The summed E-state index contributed by atoms with van der Waals surface area (Å²) >= 11 is 0. The molecule has 3 fully saturated rings. The van der Waals surface area contributed by atoms with E-state index in [1.807, 2.05) is 27.7 Å². The number of carbonyl (C=O) groups excluding carboxylic acids is 1. The molecular weight excluding hydrogens is 669 g/mol. The first kappa shape index (κ1) is 36.0. The summed E-state index contributed by atoms with van der Waals surface area (Å²) in [5, 5.41) is 23.2. The van der Waals surface area contributed by atoms with E-state index in [9.17, 15) is 22.7 Å². The number of nitrogens with zero attached hydrogens (tertiary/aromatic N) is 8. The van der Waals surface area contributed by atoms with Gasteiger partial charge in [0.1, 0.15) is 22.8 Å². The highest BCUT2D eigenvalue weighted by Gasteiger charge is 2.48. The lowest BCUT2D eigenvalue weighted by Gasteiger charge is -2.55. The summed E-state index contributed by atoms with van der Waals surface area (Å²) in [5.41, 5.74) is 0.151.